The average molecular weight is 303 g/mol. The van der Waals surface area contributed by atoms with Crippen LogP contribution in [0.1, 0.15) is 28.4 Å². The van der Waals surface area contributed by atoms with Gasteiger partial charge >= 0.3 is 5.97 Å². The summed E-state index contributed by atoms with van der Waals surface area (Å²) in [7, 11) is 1.38. The Balaban J connectivity index is 1.80. The number of hydrogen-bond acceptors (Lipinski definition) is 4. The van der Waals surface area contributed by atoms with Gasteiger partial charge in [-0.1, -0.05) is 13.0 Å². The Morgan fingerprint density at radius 2 is 1.86 bits per heavy atom. The largest absolute Gasteiger partial charge is 0.465 e. The molecular weight excluding hydrogens is 282 g/mol. The second kappa shape index (κ2) is 5.72. The van der Waals surface area contributed by atoms with Gasteiger partial charge in [0, 0.05) is 13.1 Å². The maximum Gasteiger partial charge on any atom is 0.337 e. The van der Waals surface area contributed by atoms with Gasteiger partial charge in [-0.25, -0.2) is 4.79 Å². The van der Waals surface area contributed by atoms with Crippen LogP contribution in [0.2, 0.25) is 0 Å². The lowest BCUT2D eigenvalue weighted by Crippen LogP contribution is -2.48. The van der Waals surface area contributed by atoms with Crippen LogP contribution in [0.3, 0.4) is 0 Å². The number of hydrogen-bond donors (Lipinski definition) is 0. The second-order valence-corrected chi connectivity index (χ2v) is 6.29. The number of carbonyl (C=O) groups excluding carboxylic acids is 2. The predicted octanol–water partition coefficient (Wildman–Crippen LogP) is 1.44. The van der Waals surface area contributed by atoms with E-state index in [0.717, 1.165) is 17.5 Å². The van der Waals surface area contributed by atoms with Gasteiger partial charge in [-0.2, -0.15) is 0 Å². The Kier molecular flexibility index (Phi) is 3.91. The quantitative estimate of drug-likeness (QED) is 0.776. The predicted molar refractivity (Wildman–Crippen MR) is 80.7 cm³/mol. The molecule has 0 radical (unpaired) electrons. The highest BCUT2D eigenvalue weighted by molar-refractivity contribution is 5.90. The highest BCUT2D eigenvalue weighted by Crippen LogP contribution is 2.38. The van der Waals surface area contributed by atoms with E-state index in [-0.39, 0.29) is 11.9 Å². The van der Waals surface area contributed by atoms with E-state index < -0.39 is 5.41 Å². The summed E-state index contributed by atoms with van der Waals surface area (Å²) in [5.74, 6) is -0.150. The number of ether oxygens (including phenoxy) is 2. The normalized spacial score (nSPS) is 24.0. The number of benzene rings is 1. The topological polar surface area (TPSA) is 55.8 Å². The van der Waals surface area contributed by atoms with Gasteiger partial charge in [0.15, 0.2) is 0 Å². The molecule has 1 heterocycles. The highest BCUT2D eigenvalue weighted by Gasteiger charge is 2.42. The van der Waals surface area contributed by atoms with E-state index in [4.69, 9.17) is 9.47 Å². The number of esters is 1. The fourth-order valence-electron chi connectivity index (χ4n) is 3.41. The molecule has 22 heavy (non-hydrogen) atoms. The van der Waals surface area contributed by atoms with Crippen LogP contribution in [0.15, 0.2) is 18.2 Å². The fourth-order valence-corrected chi connectivity index (χ4v) is 3.41. The van der Waals surface area contributed by atoms with Gasteiger partial charge in [0.25, 0.3) is 0 Å². The monoisotopic (exact) mass is 303 g/mol. The van der Waals surface area contributed by atoms with Crippen LogP contribution in [0.25, 0.3) is 0 Å². The molecule has 2 aliphatic rings. The molecule has 1 aliphatic carbocycles. The maximum atomic E-state index is 12.8. The van der Waals surface area contributed by atoms with E-state index in [0.29, 0.717) is 38.3 Å². The first kappa shape index (κ1) is 15.0. The van der Waals surface area contributed by atoms with Crippen molar-refractivity contribution in [2.45, 2.75) is 19.8 Å². The molecule has 1 atom stereocenters. The van der Waals surface area contributed by atoms with E-state index in [1.165, 1.54) is 7.11 Å². The highest BCUT2D eigenvalue weighted by atomic mass is 16.5. The van der Waals surface area contributed by atoms with Gasteiger partial charge < -0.3 is 14.4 Å². The molecular formula is C17H21NO4. The lowest BCUT2D eigenvalue weighted by molar-refractivity contribution is -0.144. The summed E-state index contributed by atoms with van der Waals surface area (Å²) in [6, 6.07) is 5.58. The summed E-state index contributed by atoms with van der Waals surface area (Å²) in [6.07, 6.45) is 1.39. The Bertz CT molecular complexity index is 607. The van der Waals surface area contributed by atoms with Crippen LogP contribution >= 0.6 is 0 Å². The van der Waals surface area contributed by atoms with Crippen molar-refractivity contribution in [2.75, 3.05) is 33.4 Å². The smallest absolute Gasteiger partial charge is 0.337 e. The standard InChI is InChI=1S/C17H21NO4/c1-17(16(20)18-5-7-22-8-6-18)10-13-4-3-12(15(19)21-2)9-14(13)11-17/h3-4,9H,5-8,10-11H2,1-2H3. The third kappa shape index (κ3) is 2.61. The summed E-state index contributed by atoms with van der Waals surface area (Å²) >= 11 is 0. The zero-order valence-electron chi connectivity index (χ0n) is 13.1. The first-order valence-electron chi connectivity index (χ1n) is 7.61. The zero-order chi connectivity index (χ0) is 15.7. The van der Waals surface area contributed by atoms with Crippen LogP contribution in [-0.2, 0) is 27.1 Å². The molecule has 0 bridgehead atoms. The lowest BCUT2D eigenvalue weighted by atomic mass is 9.85. The number of amides is 1. The van der Waals surface area contributed by atoms with E-state index in [1.807, 2.05) is 24.0 Å². The zero-order valence-corrected chi connectivity index (χ0v) is 13.1. The Hall–Kier alpha value is -1.88. The number of fused-ring (bicyclic) bond motifs is 1. The van der Waals surface area contributed by atoms with Crippen molar-refractivity contribution in [3.8, 4) is 0 Å². The number of morpholine rings is 1. The van der Waals surface area contributed by atoms with E-state index >= 15 is 0 Å². The molecule has 5 nitrogen and oxygen atoms in total. The molecule has 1 aliphatic heterocycles. The summed E-state index contributed by atoms with van der Waals surface area (Å²) in [6.45, 7) is 4.57. The van der Waals surface area contributed by atoms with Gasteiger partial charge in [0.2, 0.25) is 5.91 Å². The first-order chi connectivity index (χ1) is 10.5. The van der Waals surface area contributed by atoms with Gasteiger partial charge in [0.1, 0.15) is 0 Å². The Labute approximate surface area is 130 Å². The first-order valence-corrected chi connectivity index (χ1v) is 7.61. The van der Waals surface area contributed by atoms with Crippen LogP contribution in [-0.4, -0.2) is 50.2 Å². The maximum absolute atomic E-state index is 12.8. The summed E-state index contributed by atoms with van der Waals surface area (Å²) in [5.41, 5.74) is 2.35. The molecule has 0 saturated carbocycles. The Morgan fingerprint density at radius 1 is 1.18 bits per heavy atom. The molecule has 1 amide bonds. The van der Waals surface area contributed by atoms with Gasteiger partial charge in [0.05, 0.1) is 31.3 Å². The minimum atomic E-state index is -0.422. The molecule has 0 spiro atoms. The van der Waals surface area contributed by atoms with Crippen molar-refractivity contribution in [1.82, 2.24) is 4.90 Å². The van der Waals surface area contributed by atoms with Crippen molar-refractivity contribution in [3.63, 3.8) is 0 Å². The molecule has 0 aromatic heterocycles. The van der Waals surface area contributed by atoms with E-state index in [9.17, 15) is 9.59 Å². The third-order valence-corrected chi connectivity index (χ3v) is 4.60. The van der Waals surface area contributed by atoms with Crippen LogP contribution < -0.4 is 0 Å². The van der Waals surface area contributed by atoms with Crippen LogP contribution in [0, 0.1) is 5.41 Å². The molecule has 5 heteroatoms. The van der Waals surface area contributed by atoms with Gasteiger partial charge in [-0.05, 0) is 36.1 Å². The van der Waals surface area contributed by atoms with Gasteiger partial charge in [-0.3, -0.25) is 4.79 Å². The van der Waals surface area contributed by atoms with Crippen molar-refractivity contribution in [1.29, 1.82) is 0 Å². The molecule has 118 valence electrons. The number of nitrogens with zero attached hydrogens (tertiary/aromatic N) is 1. The van der Waals surface area contributed by atoms with Crippen molar-refractivity contribution >= 4 is 11.9 Å². The van der Waals surface area contributed by atoms with Crippen molar-refractivity contribution in [2.24, 2.45) is 5.41 Å². The molecule has 3 rings (SSSR count). The third-order valence-electron chi connectivity index (χ3n) is 4.60. The second-order valence-electron chi connectivity index (χ2n) is 6.29. The van der Waals surface area contributed by atoms with Crippen LogP contribution in [0.5, 0.6) is 0 Å². The van der Waals surface area contributed by atoms with Gasteiger partial charge in [-0.15, -0.1) is 0 Å². The molecule has 1 unspecified atom stereocenters. The minimum Gasteiger partial charge on any atom is -0.465 e. The van der Waals surface area contributed by atoms with E-state index in [1.54, 1.807) is 6.07 Å². The molecule has 1 saturated heterocycles. The van der Waals surface area contributed by atoms with Crippen molar-refractivity contribution < 1.29 is 19.1 Å². The summed E-state index contributed by atoms with van der Waals surface area (Å²) < 4.78 is 10.1. The SMILES string of the molecule is COC(=O)c1ccc2c(c1)CC(C)(C(=O)N1CCOCC1)C2. The molecule has 1 aromatic carbocycles. The number of rotatable bonds is 2. The molecule has 1 fully saturated rings. The van der Waals surface area contributed by atoms with Crippen molar-refractivity contribution in [3.05, 3.63) is 34.9 Å². The Morgan fingerprint density at radius 3 is 2.55 bits per heavy atom. The van der Waals surface area contributed by atoms with E-state index in [2.05, 4.69) is 0 Å². The number of methoxy groups -OCH3 is 1. The molecule has 1 aromatic rings. The lowest BCUT2D eigenvalue weighted by Gasteiger charge is -2.34. The summed E-state index contributed by atoms with van der Waals surface area (Å²) in [5, 5.41) is 0. The van der Waals surface area contributed by atoms with Crippen LogP contribution in [0.4, 0.5) is 0 Å². The average Bonchev–Trinajstić information content (AvgIpc) is 2.90. The summed E-state index contributed by atoms with van der Waals surface area (Å²) in [4.78, 5) is 26.4. The molecule has 0 N–H and O–H groups in total. The fraction of sp³-hybridized carbons (Fsp3) is 0.529. The number of carbonyl (C=O) groups is 2. The minimum absolute atomic E-state index is 0.187.